The highest BCUT2D eigenvalue weighted by Crippen LogP contribution is 2.17. The van der Waals surface area contributed by atoms with Crippen LogP contribution in [0.1, 0.15) is 26.4 Å². The SMILES string of the molecule is COC(=O)c1cccc(Nc2cc(C(=O)NCc3ccccc3)ncn2)c1. The standard InChI is InChI=1S/C20H18N4O3/c1-27-20(26)15-8-5-9-16(10-15)24-18-11-17(22-13-23-18)19(25)21-12-14-6-3-2-4-7-14/h2-11,13H,12H2,1H3,(H,21,25)(H,22,23,24). The highest BCUT2D eigenvalue weighted by atomic mass is 16.5. The fourth-order valence-corrected chi connectivity index (χ4v) is 2.41. The van der Waals surface area contributed by atoms with Gasteiger partial charge in [-0.25, -0.2) is 14.8 Å². The number of rotatable bonds is 6. The summed E-state index contributed by atoms with van der Waals surface area (Å²) < 4.78 is 4.71. The van der Waals surface area contributed by atoms with Gasteiger partial charge in [-0.2, -0.15) is 0 Å². The Hall–Kier alpha value is -3.74. The Morgan fingerprint density at radius 1 is 1.00 bits per heavy atom. The van der Waals surface area contributed by atoms with E-state index in [0.717, 1.165) is 5.56 Å². The van der Waals surface area contributed by atoms with Crippen molar-refractivity contribution < 1.29 is 14.3 Å². The maximum Gasteiger partial charge on any atom is 0.337 e. The molecule has 2 N–H and O–H groups in total. The van der Waals surface area contributed by atoms with Gasteiger partial charge in [0.1, 0.15) is 17.8 Å². The molecule has 1 amide bonds. The number of aromatic nitrogens is 2. The molecule has 0 atom stereocenters. The minimum absolute atomic E-state index is 0.243. The monoisotopic (exact) mass is 362 g/mol. The summed E-state index contributed by atoms with van der Waals surface area (Å²) in [7, 11) is 1.33. The molecule has 0 aliphatic carbocycles. The summed E-state index contributed by atoms with van der Waals surface area (Å²) in [4.78, 5) is 32.1. The molecule has 0 radical (unpaired) electrons. The van der Waals surface area contributed by atoms with E-state index >= 15 is 0 Å². The molecule has 0 unspecified atom stereocenters. The summed E-state index contributed by atoms with van der Waals surface area (Å²) in [6.45, 7) is 0.410. The Morgan fingerprint density at radius 3 is 2.59 bits per heavy atom. The van der Waals surface area contributed by atoms with E-state index in [2.05, 4.69) is 20.6 Å². The molecule has 0 saturated heterocycles. The van der Waals surface area contributed by atoms with E-state index in [9.17, 15) is 9.59 Å². The van der Waals surface area contributed by atoms with Crippen LogP contribution in [0.5, 0.6) is 0 Å². The molecular formula is C20H18N4O3. The molecule has 7 nitrogen and oxygen atoms in total. The molecule has 136 valence electrons. The zero-order valence-corrected chi connectivity index (χ0v) is 14.7. The second kappa shape index (κ2) is 8.57. The Bertz CT molecular complexity index is 945. The highest BCUT2D eigenvalue weighted by molar-refractivity contribution is 5.93. The number of amides is 1. The summed E-state index contributed by atoms with van der Waals surface area (Å²) in [6, 6.07) is 18.0. The summed E-state index contributed by atoms with van der Waals surface area (Å²) in [5, 5.41) is 5.87. The van der Waals surface area contributed by atoms with Gasteiger partial charge in [0.2, 0.25) is 0 Å². The van der Waals surface area contributed by atoms with E-state index < -0.39 is 5.97 Å². The number of carbonyl (C=O) groups is 2. The van der Waals surface area contributed by atoms with Gasteiger partial charge < -0.3 is 15.4 Å². The van der Waals surface area contributed by atoms with Crippen LogP contribution in [-0.4, -0.2) is 29.0 Å². The lowest BCUT2D eigenvalue weighted by atomic mass is 10.2. The Morgan fingerprint density at radius 2 is 1.81 bits per heavy atom. The van der Waals surface area contributed by atoms with Gasteiger partial charge in [0.15, 0.2) is 0 Å². The molecule has 3 rings (SSSR count). The van der Waals surface area contributed by atoms with Crippen molar-refractivity contribution in [1.82, 2.24) is 15.3 Å². The lowest BCUT2D eigenvalue weighted by Gasteiger charge is -2.09. The summed E-state index contributed by atoms with van der Waals surface area (Å²) in [5.41, 5.74) is 2.30. The maximum atomic E-state index is 12.3. The van der Waals surface area contributed by atoms with Crippen molar-refractivity contribution >= 4 is 23.4 Å². The van der Waals surface area contributed by atoms with Crippen LogP contribution in [0.2, 0.25) is 0 Å². The van der Waals surface area contributed by atoms with Crippen molar-refractivity contribution in [2.24, 2.45) is 0 Å². The number of nitrogens with zero attached hydrogens (tertiary/aromatic N) is 2. The predicted molar refractivity (Wildman–Crippen MR) is 101 cm³/mol. The zero-order valence-electron chi connectivity index (χ0n) is 14.7. The topological polar surface area (TPSA) is 93.2 Å². The summed E-state index contributed by atoms with van der Waals surface area (Å²) >= 11 is 0. The van der Waals surface area contributed by atoms with Crippen LogP contribution in [0, 0.1) is 0 Å². The van der Waals surface area contributed by atoms with Gasteiger partial charge in [0, 0.05) is 18.3 Å². The number of hydrogen-bond donors (Lipinski definition) is 2. The van der Waals surface area contributed by atoms with Crippen LogP contribution < -0.4 is 10.6 Å². The molecule has 1 aromatic heterocycles. The maximum absolute atomic E-state index is 12.3. The minimum atomic E-state index is -0.428. The number of carbonyl (C=O) groups excluding carboxylic acids is 2. The molecule has 27 heavy (non-hydrogen) atoms. The van der Waals surface area contributed by atoms with Crippen molar-refractivity contribution in [2.45, 2.75) is 6.54 Å². The quantitative estimate of drug-likeness (QED) is 0.655. The zero-order chi connectivity index (χ0) is 19.1. The van der Waals surface area contributed by atoms with Crippen LogP contribution in [0.25, 0.3) is 0 Å². The predicted octanol–water partition coefficient (Wildman–Crippen LogP) is 2.94. The lowest BCUT2D eigenvalue weighted by molar-refractivity contribution is 0.0600. The number of benzene rings is 2. The molecule has 0 bridgehead atoms. The Kier molecular flexibility index (Phi) is 5.73. The largest absolute Gasteiger partial charge is 0.465 e. The molecule has 0 saturated carbocycles. The molecule has 1 heterocycles. The van der Waals surface area contributed by atoms with E-state index in [-0.39, 0.29) is 11.6 Å². The summed E-state index contributed by atoms with van der Waals surface area (Å²) in [5.74, 6) is -0.285. The van der Waals surface area contributed by atoms with E-state index in [4.69, 9.17) is 4.74 Å². The minimum Gasteiger partial charge on any atom is -0.465 e. The first-order chi connectivity index (χ1) is 13.2. The molecule has 2 aromatic carbocycles. The van der Waals surface area contributed by atoms with Crippen molar-refractivity contribution in [3.8, 4) is 0 Å². The van der Waals surface area contributed by atoms with E-state index in [1.165, 1.54) is 13.4 Å². The van der Waals surface area contributed by atoms with E-state index in [1.54, 1.807) is 30.3 Å². The number of nitrogens with one attached hydrogen (secondary N) is 2. The second-order valence-electron chi connectivity index (χ2n) is 5.65. The van der Waals surface area contributed by atoms with Crippen molar-refractivity contribution in [3.63, 3.8) is 0 Å². The van der Waals surface area contributed by atoms with Crippen molar-refractivity contribution in [3.05, 3.63) is 83.8 Å². The van der Waals surface area contributed by atoms with Gasteiger partial charge in [-0.3, -0.25) is 4.79 Å². The van der Waals surface area contributed by atoms with Gasteiger partial charge >= 0.3 is 5.97 Å². The molecular weight excluding hydrogens is 344 g/mol. The normalized spacial score (nSPS) is 10.1. The van der Waals surface area contributed by atoms with Gasteiger partial charge in [-0.1, -0.05) is 36.4 Å². The molecule has 0 fully saturated rings. The third kappa shape index (κ3) is 4.88. The highest BCUT2D eigenvalue weighted by Gasteiger charge is 2.10. The van der Waals surface area contributed by atoms with Gasteiger partial charge in [-0.05, 0) is 23.8 Å². The molecule has 7 heteroatoms. The smallest absolute Gasteiger partial charge is 0.337 e. The molecule has 0 aliphatic heterocycles. The first kappa shape index (κ1) is 18.1. The number of anilines is 2. The average Bonchev–Trinajstić information content (AvgIpc) is 2.72. The van der Waals surface area contributed by atoms with Gasteiger partial charge in [0.05, 0.1) is 12.7 Å². The Balaban J connectivity index is 1.68. The average molecular weight is 362 g/mol. The molecule has 3 aromatic rings. The van der Waals surface area contributed by atoms with E-state index in [0.29, 0.717) is 23.6 Å². The first-order valence-electron chi connectivity index (χ1n) is 8.25. The second-order valence-corrected chi connectivity index (χ2v) is 5.65. The first-order valence-corrected chi connectivity index (χ1v) is 8.25. The Labute approximate surface area is 156 Å². The lowest BCUT2D eigenvalue weighted by Crippen LogP contribution is -2.24. The molecule has 0 spiro atoms. The van der Waals surface area contributed by atoms with Crippen LogP contribution in [0.3, 0.4) is 0 Å². The fraction of sp³-hybridized carbons (Fsp3) is 0.100. The van der Waals surface area contributed by atoms with Crippen LogP contribution in [0.15, 0.2) is 67.0 Å². The van der Waals surface area contributed by atoms with Crippen LogP contribution >= 0.6 is 0 Å². The van der Waals surface area contributed by atoms with Gasteiger partial charge in [0.25, 0.3) is 5.91 Å². The summed E-state index contributed by atoms with van der Waals surface area (Å²) in [6.07, 6.45) is 1.31. The molecule has 0 aliphatic rings. The van der Waals surface area contributed by atoms with Crippen molar-refractivity contribution in [1.29, 1.82) is 0 Å². The van der Waals surface area contributed by atoms with E-state index in [1.807, 2.05) is 30.3 Å². The number of methoxy groups -OCH3 is 1. The fourth-order valence-electron chi connectivity index (χ4n) is 2.41. The van der Waals surface area contributed by atoms with Crippen LogP contribution in [0.4, 0.5) is 11.5 Å². The van der Waals surface area contributed by atoms with Crippen LogP contribution in [-0.2, 0) is 11.3 Å². The number of hydrogen-bond acceptors (Lipinski definition) is 6. The van der Waals surface area contributed by atoms with Gasteiger partial charge in [-0.15, -0.1) is 0 Å². The third-order valence-corrected chi connectivity index (χ3v) is 3.75. The third-order valence-electron chi connectivity index (χ3n) is 3.75. The van der Waals surface area contributed by atoms with Crippen molar-refractivity contribution in [2.75, 3.05) is 12.4 Å². The number of esters is 1. The number of ether oxygens (including phenoxy) is 1.